The molecule has 1 saturated carbocycles. The Morgan fingerprint density at radius 1 is 1.11 bits per heavy atom. The van der Waals surface area contributed by atoms with Gasteiger partial charge in [-0.05, 0) is 50.8 Å². The van der Waals surface area contributed by atoms with Gasteiger partial charge in [-0.25, -0.2) is 4.39 Å². The Bertz CT molecular complexity index is 581. The van der Waals surface area contributed by atoms with Gasteiger partial charge in [-0.3, -0.25) is 9.89 Å². The van der Waals surface area contributed by atoms with Crippen LogP contribution in [0.1, 0.15) is 50.5 Å². The maximum Gasteiger partial charge on any atom is 0.191 e. The Kier molecular flexibility index (Phi) is 9.82. The molecule has 0 spiro atoms. The van der Waals surface area contributed by atoms with E-state index < -0.39 is 0 Å². The van der Waals surface area contributed by atoms with E-state index in [4.69, 9.17) is 0 Å². The molecule has 3 rings (SSSR count). The molecular weight excluding hydrogens is 454 g/mol. The molecule has 0 radical (unpaired) electrons. The molecule has 2 N–H and O–H groups in total. The molecule has 4 nitrogen and oxygen atoms in total. The van der Waals surface area contributed by atoms with E-state index in [0.717, 1.165) is 50.5 Å². The first-order chi connectivity index (χ1) is 12.7. The van der Waals surface area contributed by atoms with Crippen molar-refractivity contribution in [2.75, 3.05) is 26.7 Å². The molecule has 1 aromatic carbocycles. The quantitative estimate of drug-likeness (QED) is 0.372. The smallest absolute Gasteiger partial charge is 0.191 e. The topological polar surface area (TPSA) is 39.7 Å². The van der Waals surface area contributed by atoms with Crippen molar-refractivity contribution in [1.29, 1.82) is 0 Å². The molecule has 1 heterocycles. The van der Waals surface area contributed by atoms with E-state index in [1.807, 2.05) is 19.2 Å². The highest BCUT2D eigenvalue weighted by atomic mass is 127. The Morgan fingerprint density at radius 3 is 2.48 bits per heavy atom. The summed E-state index contributed by atoms with van der Waals surface area (Å²) in [6.45, 7) is 3.77. The second-order valence-electron chi connectivity index (χ2n) is 7.74. The normalized spacial score (nSPS) is 20.1. The van der Waals surface area contributed by atoms with Crippen molar-refractivity contribution in [3.63, 3.8) is 0 Å². The number of rotatable bonds is 5. The van der Waals surface area contributed by atoms with Crippen LogP contribution >= 0.6 is 24.0 Å². The number of piperidine rings is 1. The maximum atomic E-state index is 13.8. The predicted octanol–water partition coefficient (Wildman–Crippen LogP) is 4.15. The van der Waals surface area contributed by atoms with Crippen molar-refractivity contribution in [3.05, 3.63) is 35.6 Å². The molecule has 0 unspecified atom stereocenters. The summed E-state index contributed by atoms with van der Waals surface area (Å²) >= 11 is 0. The first kappa shape index (κ1) is 22.4. The average molecular weight is 488 g/mol. The number of halogens is 2. The third-order valence-corrected chi connectivity index (χ3v) is 5.79. The molecular formula is C21H34FIN4. The molecule has 1 saturated heterocycles. The minimum Gasteiger partial charge on any atom is -0.356 e. The van der Waals surface area contributed by atoms with Crippen LogP contribution in [0.5, 0.6) is 0 Å². The summed E-state index contributed by atoms with van der Waals surface area (Å²) in [6.07, 6.45) is 8.86. The predicted molar refractivity (Wildman–Crippen MR) is 121 cm³/mol. The zero-order valence-corrected chi connectivity index (χ0v) is 18.8. The Labute approximate surface area is 180 Å². The molecule has 0 bridgehead atoms. The van der Waals surface area contributed by atoms with Crippen molar-refractivity contribution in [3.8, 4) is 0 Å². The number of benzene rings is 1. The summed E-state index contributed by atoms with van der Waals surface area (Å²) < 4.78 is 13.8. The van der Waals surface area contributed by atoms with Crippen LogP contribution in [-0.4, -0.2) is 43.6 Å². The van der Waals surface area contributed by atoms with Crippen molar-refractivity contribution in [1.82, 2.24) is 15.5 Å². The molecule has 2 aliphatic rings. The van der Waals surface area contributed by atoms with Gasteiger partial charge in [0.15, 0.2) is 5.96 Å². The van der Waals surface area contributed by atoms with Crippen molar-refractivity contribution >= 4 is 29.9 Å². The van der Waals surface area contributed by atoms with Crippen molar-refractivity contribution in [2.24, 2.45) is 10.9 Å². The summed E-state index contributed by atoms with van der Waals surface area (Å²) in [5.74, 6) is 1.52. The Morgan fingerprint density at radius 2 is 1.81 bits per heavy atom. The molecule has 0 atom stereocenters. The van der Waals surface area contributed by atoms with Crippen molar-refractivity contribution in [2.45, 2.75) is 57.5 Å². The number of hydrogen-bond donors (Lipinski definition) is 2. The largest absolute Gasteiger partial charge is 0.356 e. The van der Waals surface area contributed by atoms with Crippen LogP contribution in [0.15, 0.2) is 29.3 Å². The molecule has 1 aliphatic heterocycles. The minimum atomic E-state index is -0.0890. The molecule has 1 aliphatic carbocycles. The summed E-state index contributed by atoms with van der Waals surface area (Å²) in [5.41, 5.74) is 0.807. The van der Waals surface area contributed by atoms with Gasteiger partial charge in [-0.1, -0.05) is 37.5 Å². The standard InChI is InChI=1S/C21H33FN4.HI/c1-23-21(25-19-8-3-2-4-9-19)24-15-17-11-13-26(14-12-17)16-18-7-5-6-10-20(18)22;/h5-7,10,17,19H,2-4,8-9,11-16H2,1H3,(H2,23,24,25);1H. The number of nitrogens with one attached hydrogen (secondary N) is 2. The second-order valence-corrected chi connectivity index (χ2v) is 7.74. The van der Waals surface area contributed by atoms with Gasteiger partial charge in [-0.15, -0.1) is 24.0 Å². The minimum absolute atomic E-state index is 0. The highest BCUT2D eigenvalue weighted by Crippen LogP contribution is 2.20. The molecule has 27 heavy (non-hydrogen) atoms. The third kappa shape index (κ3) is 7.22. The van der Waals surface area contributed by atoms with Gasteiger partial charge < -0.3 is 10.6 Å². The SMILES string of the molecule is CN=C(NCC1CCN(Cc2ccccc2F)CC1)NC1CCCCC1.I. The monoisotopic (exact) mass is 488 g/mol. The molecule has 0 aromatic heterocycles. The molecule has 2 fully saturated rings. The van der Waals surface area contributed by atoms with Gasteiger partial charge in [0, 0.05) is 31.7 Å². The molecule has 0 amide bonds. The molecule has 152 valence electrons. The van der Waals surface area contributed by atoms with Gasteiger partial charge in [0.2, 0.25) is 0 Å². The number of hydrogen-bond acceptors (Lipinski definition) is 2. The summed E-state index contributed by atoms with van der Waals surface area (Å²) in [5, 5.41) is 7.10. The van der Waals surface area contributed by atoms with Gasteiger partial charge in [-0.2, -0.15) is 0 Å². The lowest BCUT2D eigenvalue weighted by atomic mass is 9.95. The van der Waals surface area contributed by atoms with E-state index in [1.165, 1.54) is 32.1 Å². The maximum absolute atomic E-state index is 13.8. The van der Waals surface area contributed by atoms with Gasteiger partial charge in [0.05, 0.1) is 0 Å². The highest BCUT2D eigenvalue weighted by Gasteiger charge is 2.21. The van der Waals surface area contributed by atoms with E-state index in [-0.39, 0.29) is 29.8 Å². The number of nitrogens with zero attached hydrogens (tertiary/aromatic N) is 2. The van der Waals surface area contributed by atoms with E-state index in [1.54, 1.807) is 12.1 Å². The lowest BCUT2D eigenvalue weighted by Gasteiger charge is -2.32. The van der Waals surface area contributed by atoms with Crippen molar-refractivity contribution < 1.29 is 4.39 Å². The fourth-order valence-electron chi connectivity index (χ4n) is 4.09. The molecule has 6 heteroatoms. The zero-order chi connectivity index (χ0) is 18.2. The van der Waals surface area contributed by atoms with E-state index in [0.29, 0.717) is 12.0 Å². The van der Waals surface area contributed by atoms with Crippen LogP contribution in [-0.2, 0) is 6.54 Å². The van der Waals surface area contributed by atoms with Crippen LogP contribution in [0.25, 0.3) is 0 Å². The fourth-order valence-corrected chi connectivity index (χ4v) is 4.09. The van der Waals surface area contributed by atoms with Gasteiger partial charge in [0.1, 0.15) is 5.82 Å². The lowest BCUT2D eigenvalue weighted by molar-refractivity contribution is 0.176. The van der Waals surface area contributed by atoms with Crippen LogP contribution in [0, 0.1) is 11.7 Å². The van der Waals surface area contributed by atoms with Crippen LogP contribution < -0.4 is 10.6 Å². The second kappa shape index (κ2) is 11.8. The number of guanidine groups is 1. The van der Waals surface area contributed by atoms with Crippen LogP contribution in [0.3, 0.4) is 0 Å². The summed E-state index contributed by atoms with van der Waals surface area (Å²) in [6, 6.07) is 7.70. The lowest BCUT2D eigenvalue weighted by Crippen LogP contribution is -2.46. The summed E-state index contributed by atoms with van der Waals surface area (Å²) in [4.78, 5) is 6.75. The Balaban J connectivity index is 0.00000261. The van der Waals surface area contributed by atoms with Crippen LogP contribution in [0.2, 0.25) is 0 Å². The van der Waals surface area contributed by atoms with E-state index in [2.05, 4.69) is 20.5 Å². The number of aliphatic imine (C=N–C) groups is 1. The summed E-state index contributed by atoms with van der Waals surface area (Å²) in [7, 11) is 1.86. The molecule has 1 aromatic rings. The number of likely N-dealkylation sites (tertiary alicyclic amines) is 1. The van der Waals surface area contributed by atoms with E-state index in [9.17, 15) is 4.39 Å². The first-order valence-electron chi connectivity index (χ1n) is 10.2. The van der Waals surface area contributed by atoms with Gasteiger partial charge in [0.25, 0.3) is 0 Å². The average Bonchev–Trinajstić information content (AvgIpc) is 2.69. The fraction of sp³-hybridized carbons (Fsp3) is 0.667. The highest BCUT2D eigenvalue weighted by molar-refractivity contribution is 14.0. The zero-order valence-electron chi connectivity index (χ0n) is 16.4. The first-order valence-corrected chi connectivity index (χ1v) is 10.2. The third-order valence-electron chi connectivity index (χ3n) is 5.79. The Hall–Kier alpha value is -0.890. The van der Waals surface area contributed by atoms with Gasteiger partial charge >= 0.3 is 0 Å². The van der Waals surface area contributed by atoms with E-state index >= 15 is 0 Å². The van der Waals surface area contributed by atoms with Crippen LogP contribution in [0.4, 0.5) is 4.39 Å².